The van der Waals surface area contributed by atoms with E-state index in [2.05, 4.69) is 317 Å². The summed E-state index contributed by atoms with van der Waals surface area (Å²) in [6.07, 6.45) is 1.94. The number of hydrogen-bond acceptors (Lipinski definition) is 1. The Morgan fingerprint density at radius 3 is 1.18 bits per heavy atom. The first-order valence-electron chi connectivity index (χ1n) is 30.3. The maximum absolute atomic E-state index is 6.11. The maximum atomic E-state index is 6.11. The third-order valence-electron chi connectivity index (χ3n) is 18.1. The summed E-state index contributed by atoms with van der Waals surface area (Å²) in [5.74, 6) is 0. The highest BCUT2D eigenvalue weighted by Gasteiger charge is 2.21. The van der Waals surface area contributed by atoms with E-state index in [0.29, 0.717) is 0 Å². The maximum Gasteiger partial charge on any atom is 0.135 e. The molecule has 0 aliphatic rings. The number of para-hydroxylation sites is 1. The second-order valence-corrected chi connectivity index (χ2v) is 23.0. The minimum atomic E-state index is 0.919. The minimum absolute atomic E-state index is 0.919. The zero-order valence-corrected chi connectivity index (χ0v) is 48.7. The van der Waals surface area contributed by atoms with Gasteiger partial charge >= 0.3 is 0 Å². The summed E-state index contributed by atoms with van der Waals surface area (Å²) in [4.78, 5) is 0. The highest BCUT2D eigenvalue weighted by atomic mass is 16.3. The number of aryl methyl sites for hydroxylation is 1. The van der Waals surface area contributed by atoms with Crippen molar-refractivity contribution < 1.29 is 4.42 Å². The van der Waals surface area contributed by atoms with E-state index < -0.39 is 0 Å². The molecule has 0 fully saturated rings. The largest absolute Gasteiger partial charge is 0.456 e. The Morgan fingerprint density at radius 2 is 0.614 bits per heavy atom. The molecule has 1 heteroatoms. The second-order valence-electron chi connectivity index (χ2n) is 23.0. The normalized spacial score (nSPS) is 11.5. The molecule has 0 aliphatic heterocycles. The lowest BCUT2D eigenvalue weighted by Crippen LogP contribution is -1.92. The van der Waals surface area contributed by atoms with Crippen LogP contribution in [0.3, 0.4) is 0 Å². The quantitative estimate of drug-likeness (QED) is 0.138. The number of rotatable bonds is 8. The van der Waals surface area contributed by atoms with Gasteiger partial charge in [-0.25, -0.2) is 0 Å². The van der Waals surface area contributed by atoms with E-state index in [0.717, 1.165) is 27.5 Å². The van der Waals surface area contributed by atoms with Crippen LogP contribution in [0.4, 0.5) is 0 Å². The van der Waals surface area contributed by atoms with Gasteiger partial charge < -0.3 is 4.42 Å². The fourth-order valence-electron chi connectivity index (χ4n) is 13.9. The van der Waals surface area contributed by atoms with E-state index in [-0.39, 0.29) is 0 Å². The standard InChI is InChI=1S/C45H32.C42H26O/c1-3-31-13-4-6-16-36(31)43-29-35(24-23-30(43)2)32-25-27-34(28-26-32)44-39-18-8-10-20-41(39)45(42-21-11-9-19-40(42)44)38-22-12-15-33-14-5-7-17-37(33)38;1-2-15-31-27(11-1)12-10-21-33(31)42-36-19-5-3-17-34(36)41(35-18-4-6-20-37(35)42)30-14-9-13-28(25-30)29-23-24-40-38(26-29)32-16-7-8-22-39(32)43-40/h3-29H,1H2,2H3;1-26H. The van der Waals surface area contributed by atoms with Crippen molar-refractivity contribution in [3.63, 3.8) is 0 Å². The molecule has 0 radical (unpaired) electrons. The second kappa shape index (κ2) is 21.9. The minimum Gasteiger partial charge on any atom is -0.456 e. The molecular formula is C87H58O. The number of benzene rings is 16. The summed E-state index contributed by atoms with van der Waals surface area (Å²) < 4.78 is 6.11. The Labute approximate surface area is 512 Å². The van der Waals surface area contributed by atoms with Crippen LogP contribution in [0.1, 0.15) is 11.1 Å². The summed E-state index contributed by atoms with van der Waals surface area (Å²) >= 11 is 0. The lowest BCUT2D eigenvalue weighted by Gasteiger charge is -2.19. The van der Waals surface area contributed by atoms with Gasteiger partial charge in [-0.05, 0) is 191 Å². The first kappa shape index (κ1) is 52.2. The van der Waals surface area contributed by atoms with Crippen molar-refractivity contribution in [2.45, 2.75) is 6.92 Å². The van der Waals surface area contributed by atoms with Gasteiger partial charge in [0, 0.05) is 10.8 Å². The Hall–Kier alpha value is -11.4. The monoisotopic (exact) mass is 1120 g/mol. The number of furan rings is 1. The fraction of sp³-hybridized carbons (Fsp3) is 0.0115. The van der Waals surface area contributed by atoms with E-state index in [1.165, 1.54) is 148 Å². The van der Waals surface area contributed by atoms with Crippen molar-refractivity contribution in [2.75, 3.05) is 0 Å². The lowest BCUT2D eigenvalue weighted by atomic mass is 9.84. The Kier molecular flexibility index (Phi) is 13.0. The third kappa shape index (κ3) is 8.95. The summed E-state index contributed by atoms with van der Waals surface area (Å²) in [6.45, 7) is 6.23. The molecular weight excluding hydrogens is 1060 g/mol. The van der Waals surface area contributed by atoms with Gasteiger partial charge in [0.25, 0.3) is 0 Å². The molecule has 0 saturated carbocycles. The molecule has 16 aromatic carbocycles. The fourth-order valence-corrected chi connectivity index (χ4v) is 13.9. The molecule has 1 heterocycles. The molecule has 17 rings (SSSR count). The zero-order chi connectivity index (χ0) is 58.7. The van der Waals surface area contributed by atoms with Gasteiger partial charge in [0.05, 0.1) is 0 Å². The molecule has 0 unspecified atom stereocenters. The molecule has 1 aromatic heterocycles. The van der Waals surface area contributed by atoms with E-state index in [1.54, 1.807) is 0 Å². The van der Waals surface area contributed by atoms with Crippen LogP contribution in [-0.4, -0.2) is 0 Å². The molecule has 412 valence electrons. The molecule has 0 bridgehead atoms. The van der Waals surface area contributed by atoms with Crippen molar-refractivity contribution in [3.8, 4) is 77.9 Å². The van der Waals surface area contributed by atoms with Crippen LogP contribution in [0.15, 0.2) is 326 Å². The van der Waals surface area contributed by atoms with Crippen LogP contribution in [0, 0.1) is 6.92 Å². The molecule has 0 spiro atoms. The van der Waals surface area contributed by atoms with Crippen molar-refractivity contribution >= 4 is 92.6 Å². The summed E-state index contributed by atoms with van der Waals surface area (Å²) in [6, 6.07) is 114. The summed E-state index contributed by atoms with van der Waals surface area (Å²) in [5, 5.41) is 17.5. The van der Waals surface area contributed by atoms with Crippen LogP contribution < -0.4 is 0 Å². The number of hydrogen-bond donors (Lipinski definition) is 0. The van der Waals surface area contributed by atoms with Gasteiger partial charge in [0.1, 0.15) is 11.2 Å². The molecule has 0 saturated heterocycles. The zero-order valence-electron chi connectivity index (χ0n) is 48.7. The topological polar surface area (TPSA) is 13.1 Å². The third-order valence-corrected chi connectivity index (χ3v) is 18.1. The first-order valence-corrected chi connectivity index (χ1v) is 30.3. The molecule has 17 aromatic rings. The van der Waals surface area contributed by atoms with Crippen LogP contribution in [0.25, 0.3) is 171 Å². The van der Waals surface area contributed by atoms with E-state index >= 15 is 0 Å². The van der Waals surface area contributed by atoms with Crippen LogP contribution in [-0.2, 0) is 0 Å². The van der Waals surface area contributed by atoms with Crippen LogP contribution >= 0.6 is 0 Å². The highest BCUT2D eigenvalue weighted by molar-refractivity contribution is 6.25. The van der Waals surface area contributed by atoms with Crippen molar-refractivity contribution in [1.82, 2.24) is 0 Å². The molecule has 0 N–H and O–H groups in total. The predicted octanol–water partition coefficient (Wildman–Crippen LogP) is 24.8. The van der Waals surface area contributed by atoms with Gasteiger partial charge in [-0.3, -0.25) is 0 Å². The first-order chi connectivity index (χ1) is 43.5. The SMILES string of the molecule is C=Cc1ccccc1-c1cc(-c2ccc(-c3c4ccccc4c(-c4cccc5ccccc45)c4ccccc34)cc2)ccc1C.c1cc(-c2ccc3oc4ccccc4c3c2)cc(-c2c3ccccc3c(-c3cccc4ccccc34)c3ccccc23)c1. The Morgan fingerprint density at radius 1 is 0.239 bits per heavy atom. The molecule has 88 heavy (non-hydrogen) atoms. The van der Waals surface area contributed by atoms with Crippen molar-refractivity contribution in [2.24, 2.45) is 0 Å². The van der Waals surface area contributed by atoms with E-state index in [9.17, 15) is 0 Å². The van der Waals surface area contributed by atoms with Crippen LogP contribution in [0.2, 0.25) is 0 Å². The van der Waals surface area contributed by atoms with Crippen molar-refractivity contribution in [3.05, 3.63) is 333 Å². The van der Waals surface area contributed by atoms with Crippen molar-refractivity contribution in [1.29, 1.82) is 0 Å². The average Bonchev–Trinajstić information content (AvgIpc) is 1.16. The van der Waals surface area contributed by atoms with Gasteiger partial charge in [-0.15, -0.1) is 0 Å². The average molecular weight is 1120 g/mol. The van der Waals surface area contributed by atoms with E-state index in [4.69, 9.17) is 4.42 Å². The molecule has 0 atom stereocenters. The highest BCUT2D eigenvalue weighted by Crippen LogP contribution is 2.48. The Balaban J connectivity index is 0.000000142. The predicted molar refractivity (Wildman–Crippen MR) is 378 cm³/mol. The van der Waals surface area contributed by atoms with Gasteiger partial charge in [0.2, 0.25) is 0 Å². The van der Waals surface area contributed by atoms with Crippen LogP contribution in [0.5, 0.6) is 0 Å². The number of fused-ring (bicyclic) bond motifs is 9. The summed E-state index contributed by atoms with van der Waals surface area (Å²) in [5.41, 5.74) is 21.6. The van der Waals surface area contributed by atoms with Gasteiger partial charge in [0.15, 0.2) is 0 Å². The lowest BCUT2D eigenvalue weighted by molar-refractivity contribution is 0.669. The van der Waals surface area contributed by atoms with E-state index in [1.807, 2.05) is 18.2 Å². The summed E-state index contributed by atoms with van der Waals surface area (Å²) in [7, 11) is 0. The van der Waals surface area contributed by atoms with Gasteiger partial charge in [-0.2, -0.15) is 0 Å². The Bertz CT molecular complexity index is 5480. The molecule has 0 amide bonds. The molecule has 1 nitrogen and oxygen atoms in total. The smallest absolute Gasteiger partial charge is 0.135 e. The molecule has 0 aliphatic carbocycles. The van der Waals surface area contributed by atoms with Gasteiger partial charge in [-0.1, -0.05) is 298 Å².